The van der Waals surface area contributed by atoms with Gasteiger partial charge in [0.25, 0.3) is 0 Å². The number of thioether (sulfide) groups is 2. The van der Waals surface area contributed by atoms with Crippen LogP contribution in [0.5, 0.6) is 0 Å². The van der Waals surface area contributed by atoms with E-state index in [9.17, 15) is 0 Å². The summed E-state index contributed by atoms with van der Waals surface area (Å²) in [5.74, 6) is 0. The first-order valence-corrected chi connectivity index (χ1v) is 17.1. The summed E-state index contributed by atoms with van der Waals surface area (Å²) >= 11 is 11.2. The fourth-order valence-corrected chi connectivity index (χ4v) is 10.8. The molecule has 184 valence electrons. The van der Waals surface area contributed by atoms with Crippen molar-refractivity contribution in [2.75, 3.05) is 0 Å². The third-order valence-corrected chi connectivity index (χ3v) is 13.4. The van der Waals surface area contributed by atoms with Crippen molar-refractivity contribution in [3.63, 3.8) is 0 Å². The molecule has 5 heterocycles. The van der Waals surface area contributed by atoms with Crippen LogP contribution in [0.3, 0.4) is 0 Å². The van der Waals surface area contributed by atoms with Gasteiger partial charge in [0.1, 0.15) is 0 Å². The van der Waals surface area contributed by atoms with E-state index in [2.05, 4.69) is 120 Å². The van der Waals surface area contributed by atoms with Gasteiger partial charge in [0.15, 0.2) is 0 Å². The van der Waals surface area contributed by atoms with E-state index in [4.69, 9.17) is 0 Å². The minimum Gasteiger partial charge on any atom is -0.134 e. The van der Waals surface area contributed by atoms with Crippen LogP contribution < -0.4 is 0 Å². The van der Waals surface area contributed by atoms with E-state index in [0.29, 0.717) is 0 Å². The first kappa shape index (κ1) is 24.5. The third kappa shape index (κ3) is 5.05. The second-order valence-electron chi connectivity index (χ2n) is 8.59. The van der Waals surface area contributed by atoms with Gasteiger partial charge in [-0.25, -0.2) is 0 Å². The molecule has 0 spiro atoms. The van der Waals surface area contributed by atoms with Crippen molar-refractivity contribution in [3.8, 4) is 40.4 Å². The summed E-state index contributed by atoms with van der Waals surface area (Å²) in [5, 5.41) is 4.57. The molecule has 1 aliphatic heterocycles. The van der Waals surface area contributed by atoms with Crippen molar-refractivity contribution >= 4 is 78.7 Å². The molecule has 0 fully saturated rings. The van der Waals surface area contributed by atoms with E-state index < -0.39 is 0 Å². The summed E-state index contributed by atoms with van der Waals surface area (Å²) in [6, 6.07) is 39.4. The Bertz CT molecular complexity index is 1630. The van der Waals surface area contributed by atoms with Crippen molar-refractivity contribution in [2.24, 2.45) is 0 Å². The van der Waals surface area contributed by atoms with Crippen molar-refractivity contribution in [1.82, 2.24) is 0 Å². The normalized spacial score (nSPS) is 13.4. The maximum absolute atomic E-state index is 2.29. The second kappa shape index (κ2) is 10.9. The predicted octanol–water partition coefficient (Wildman–Crippen LogP) is 12.4. The molecule has 0 amide bonds. The van der Waals surface area contributed by atoms with Crippen molar-refractivity contribution in [3.05, 3.63) is 130 Å². The molecule has 0 saturated carbocycles. The lowest BCUT2D eigenvalue weighted by Crippen LogP contribution is -1.80. The Kier molecular flexibility index (Phi) is 7.01. The monoisotopic (exact) mass is 596 g/mol. The average Bonchev–Trinajstić information content (AvgIpc) is 3.80. The number of benzene rings is 2. The number of hydrogen-bond acceptors (Lipinski definition) is 6. The molecule has 0 aliphatic carbocycles. The minimum absolute atomic E-state index is 1.28. The van der Waals surface area contributed by atoms with Gasteiger partial charge < -0.3 is 0 Å². The van der Waals surface area contributed by atoms with Gasteiger partial charge in [0.05, 0.1) is 0 Å². The van der Waals surface area contributed by atoms with Crippen molar-refractivity contribution in [1.29, 1.82) is 0 Å². The molecule has 38 heavy (non-hydrogen) atoms. The van der Waals surface area contributed by atoms with Crippen LogP contribution in [0.15, 0.2) is 120 Å². The van der Waals surface area contributed by atoms with Gasteiger partial charge in [-0.1, -0.05) is 72.4 Å². The lowest BCUT2D eigenvalue weighted by molar-refractivity contribution is 1.70. The zero-order chi connectivity index (χ0) is 25.3. The smallest absolute Gasteiger partial charge is 0.0449 e. The largest absolute Gasteiger partial charge is 0.134 e. The van der Waals surface area contributed by atoms with Crippen LogP contribution in [0, 0.1) is 0 Å². The van der Waals surface area contributed by atoms with Crippen LogP contribution in [0.2, 0.25) is 0 Å². The minimum atomic E-state index is 1.28. The van der Waals surface area contributed by atoms with Gasteiger partial charge in [-0.3, -0.25) is 0 Å². The molecule has 6 heteroatoms. The molecule has 0 nitrogen and oxygen atoms in total. The predicted molar refractivity (Wildman–Crippen MR) is 177 cm³/mol. The van der Waals surface area contributed by atoms with E-state index in [-0.39, 0.29) is 0 Å². The van der Waals surface area contributed by atoms with Crippen LogP contribution in [0.25, 0.3) is 50.2 Å². The second-order valence-corrected chi connectivity index (χ2v) is 14.8. The van der Waals surface area contributed by atoms with E-state index in [1.807, 2.05) is 57.1 Å². The Labute approximate surface area is 247 Å². The van der Waals surface area contributed by atoms with Crippen LogP contribution in [0.4, 0.5) is 0 Å². The topological polar surface area (TPSA) is 0 Å². The highest BCUT2D eigenvalue weighted by atomic mass is 32.2. The van der Waals surface area contributed by atoms with Crippen LogP contribution in [-0.4, -0.2) is 0 Å². The first-order chi connectivity index (χ1) is 18.8. The Morgan fingerprint density at radius 2 is 0.658 bits per heavy atom. The summed E-state index contributed by atoms with van der Waals surface area (Å²) in [5.41, 5.74) is 2.57. The Morgan fingerprint density at radius 1 is 0.316 bits per heavy atom. The summed E-state index contributed by atoms with van der Waals surface area (Å²) < 4.78 is 0. The zero-order valence-electron chi connectivity index (χ0n) is 20.0. The van der Waals surface area contributed by atoms with Gasteiger partial charge in [-0.2, -0.15) is 0 Å². The molecular formula is C32H20S6. The lowest BCUT2D eigenvalue weighted by Gasteiger charge is -2.11. The fourth-order valence-electron chi connectivity index (χ4n) is 4.20. The van der Waals surface area contributed by atoms with E-state index in [1.165, 1.54) is 60.0 Å². The van der Waals surface area contributed by atoms with Crippen molar-refractivity contribution < 1.29 is 0 Å². The van der Waals surface area contributed by atoms with Gasteiger partial charge in [0, 0.05) is 48.8 Å². The summed E-state index contributed by atoms with van der Waals surface area (Å²) in [4.78, 5) is 13.3. The molecule has 7 rings (SSSR count). The SMILES string of the molecule is C1=C(c2ccc(-c3ccc(-c4ccccc4)s3)s2)SC(c2ccc(-c3ccc(-c4ccccc4)s3)s2)=CS1. The van der Waals surface area contributed by atoms with Crippen molar-refractivity contribution in [2.45, 2.75) is 0 Å². The maximum Gasteiger partial charge on any atom is 0.0449 e. The highest BCUT2D eigenvalue weighted by Crippen LogP contribution is 2.51. The summed E-state index contributed by atoms with van der Waals surface area (Å²) in [6.45, 7) is 0. The molecule has 2 aromatic carbocycles. The Morgan fingerprint density at radius 3 is 1.08 bits per heavy atom. The number of thiophene rings is 4. The molecule has 0 bridgehead atoms. The molecule has 0 N–H and O–H groups in total. The maximum atomic E-state index is 2.29. The first-order valence-electron chi connectivity index (χ1n) is 12.1. The summed E-state index contributed by atoms with van der Waals surface area (Å²) in [6.07, 6.45) is 0. The van der Waals surface area contributed by atoms with Crippen LogP contribution in [-0.2, 0) is 0 Å². The molecule has 0 saturated heterocycles. The van der Waals surface area contributed by atoms with Gasteiger partial charge >= 0.3 is 0 Å². The number of hydrogen-bond donors (Lipinski definition) is 0. The molecule has 0 atom stereocenters. The highest BCUT2D eigenvalue weighted by Gasteiger charge is 2.18. The van der Waals surface area contributed by atoms with Gasteiger partial charge in [-0.15, -0.1) is 57.1 Å². The lowest BCUT2D eigenvalue weighted by atomic mass is 10.2. The third-order valence-electron chi connectivity index (χ3n) is 6.08. The zero-order valence-corrected chi connectivity index (χ0v) is 24.9. The Balaban J connectivity index is 1.07. The molecule has 4 aromatic heterocycles. The number of rotatable bonds is 6. The van der Waals surface area contributed by atoms with E-state index in [1.54, 1.807) is 11.8 Å². The molecule has 6 aromatic rings. The quantitative estimate of drug-likeness (QED) is 0.188. The van der Waals surface area contributed by atoms with Crippen LogP contribution in [0.1, 0.15) is 9.75 Å². The van der Waals surface area contributed by atoms with E-state index in [0.717, 1.165) is 0 Å². The molecular weight excluding hydrogens is 577 g/mol. The highest BCUT2D eigenvalue weighted by molar-refractivity contribution is 8.20. The standard InChI is InChI=1S/C32H20S6/c1-3-7-21(8-4-1)23-11-13-25(34-23)27-15-17-29(36-27)31-19-33-20-32(38-31)30-18-16-28(37-30)26-14-12-24(35-26)22-9-5-2-6-10-22/h1-20H. The molecule has 0 unspecified atom stereocenters. The molecule has 0 radical (unpaired) electrons. The summed E-state index contributed by atoms with van der Waals surface area (Å²) in [7, 11) is 0. The van der Waals surface area contributed by atoms with Gasteiger partial charge in [-0.05, 0) is 70.5 Å². The Hall–Kier alpha value is -2.58. The average molecular weight is 597 g/mol. The molecule has 1 aliphatic rings. The van der Waals surface area contributed by atoms with E-state index >= 15 is 0 Å². The van der Waals surface area contributed by atoms with Crippen LogP contribution >= 0.6 is 68.9 Å². The fraction of sp³-hybridized carbons (Fsp3) is 0. The van der Waals surface area contributed by atoms with Gasteiger partial charge in [0.2, 0.25) is 0 Å².